The average molecular weight is 176 g/mol. The second-order valence-electron chi connectivity index (χ2n) is 3.11. The van der Waals surface area contributed by atoms with E-state index in [0.29, 0.717) is 6.42 Å². The summed E-state index contributed by atoms with van der Waals surface area (Å²) in [5.74, 6) is 0. The van der Waals surface area contributed by atoms with Crippen molar-refractivity contribution in [2.45, 2.75) is 38.1 Å². The van der Waals surface area contributed by atoms with Gasteiger partial charge < -0.3 is 20.0 Å². The van der Waals surface area contributed by atoms with Crippen LogP contribution in [0.2, 0.25) is 0 Å². The monoisotopic (exact) mass is 176 g/mol. The predicted octanol–water partition coefficient (Wildman–Crippen LogP) is -1.57. The molecule has 4 nitrogen and oxygen atoms in total. The summed E-state index contributed by atoms with van der Waals surface area (Å²) in [5, 5.41) is 27.8. The smallest absolute Gasteiger partial charge is 0.257 e. The van der Waals surface area contributed by atoms with Gasteiger partial charge in [0.2, 0.25) is 0 Å². The van der Waals surface area contributed by atoms with Crippen LogP contribution in [0.25, 0.3) is 0 Å². The van der Waals surface area contributed by atoms with Gasteiger partial charge in [-0.15, -0.1) is 0 Å². The van der Waals surface area contributed by atoms with Gasteiger partial charge in [0.25, 0.3) is 8.05 Å². The minimum atomic E-state index is -1.20. The molecular formula is C7H17BO4. The summed E-state index contributed by atoms with van der Waals surface area (Å²) < 4.78 is 4.79. The summed E-state index contributed by atoms with van der Waals surface area (Å²) in [7, 11) is 1.38. The van der Waals surface area contributed by atoms with Crippen molar-refractivity contribution < 1.29 is 20.0 Å². The van der Waals surface area contributed by atoms with Crippen molar-refractivity contribution in [1.82, 2.24) is 0 Å². The van der Waals surface area contributed by atoms with E-state index in [9.17, 15) is 10.2 Å². The lowest BCUT2D eigenvalue weighted by molar-refractivity contribution is -0.118. The third-order valence-corrected chi connectivity index (χ3v) is 2.19. The van der Waals surface area contributed by atoms with Gasteiger partial charge in [-0.05, 0) is 13.3 Å². The van der Waals surface area contributed by atoms with Gasteiger partial charge in [-0.3, -0.25) is 0 Å². The Morgan fingerprint density at radius 3 is 2.33 bits per heavy atom. The van der Waals surface area contributed by atoms with Crippen molar-refractivity contribution >= 4 is 8.05 Å². The molecule has 0 radical (unpaired) electrons. The summed E-state index contributed by atoms with van der Waals surface area (Å²) in [6.07, 6.45) is -1.37. The first kappa shape index (κ1) is 11.9. The van der Waals surface area contributed by atoms with Crippen LogP contribution < -0.4 is 0 Å². The lowest BCUT2D eigenvalue weighted by Gasteiger charge is -2.32. The summed E-state index contributed by atoms with van der Waals surface area (Å²) in [4.78, 5) is 0. The Balaban J connectivity index is 4.23. The van der Waals surface area contributed by atoms with E-state index in [0.717, 1.165) is 0 Å². The normalized spacial score (nSPS) is 21.4. The molecule has 0 heterocycles. The largest absolute Gasteiger partial charge is 0.436 e. The first-order chi connectivity index (χ1) is 5.49. The molecule has 5 heteroatoms. The molecule has 0 bridgehead atoms. The minimum Gasteiger partial charge on any atom is -0.436 e. The van der Waals surface area contributed by atoms with Crippen molar-refractivity contribution in [3.63, 3.8) is 0 Å². The van der Waals surface area contributed by atoms with Crippen molar-refractivity contribution in [3.05, 3.63) is 0 Å². The van der Waals surface area contributed by atoms with Gasteiger partial charge in [0.1, 0.15) is 6.10 Å². The molecule has 3 atom stereocenters. The van der Waals surface area contributed by atoms with E-state index >= 15 is 0 Å². The standard InChI is InChI=1S/C7H17BO4/c1-3-7(2,11)6(10)5(4-9)12-8/h5-6,9-11H,3-4,8H2,1-2H3/t5?,6?,7-/m1/s1. The molecule has 0 saturated carbocycles. The Morgan fingerprint density at radius 1 is 1.58 bits per heavy atom. The minimum absolute atomic E-state index is 0.298. The maximum absolute atomic E-state index is 9.58. The second kappa shape index (κ2) is 4.82. The van der Waals surface area contributed by atoms with E-state index in [4.69, 9.17) is 9.76 Å². The Bertz CT molecular complexity index is 125. The van der Waals surface area contributed by atoms with Crippen LogP contribution >= 0.6 is 0 Å². The van der Waals surface area contributed by atoms with E-state index in [1.54, 1.807) is 6.92 Å². The second-order valence-corrected chi connectivity index (χ2v) is 3.11. The zero-order valence-electron chi connectivity index (χ0n) is 7.82. The van der Waals surface area contributed by atoms with E-state index < -0.39 is 17.8 Å². The van der Waals surface area contributed by atoms with Gasteiger partial charge in [-0.25, -0.2) is 0 Å². The number of aliphatic hydroxyl groups excluding tert-OH is 2. The van der Waals surface area contributed by atoms with Gasteiger partial charge in [-0.2, -0.15) is 0 Å². The summed E-state index contributed by atoms with van der Waals surface area (Å²) in [6.45, 7) is 2.97. The highest BCUT2D eigenvalue weighted by Crippen LogP contribution is 2.18. The lowest BCUT2D eigenvalue weighted by atomic mass is 9.92. The highest BCUT2D eigenvalue weighted by molar-refractivity contribution is 5.98. The molecule has 0 saturated heterocycles. The summed E-state index contributed by atoms with van der Waals surface area (Å²) >= 11 is 0. The first-order valence-electron chi connectivity index (χ1n) is 4.03. The molecule has 0 rings (SSSR count). The molecule has 0 aliphatic rings. The van der Waals surface area contributed by atoms with E-state index in [1.165, 1.54) is 15.0 Å². The topological polar surface area (TPSA) is 69.9 Å². The number of rotatable bonds is 5. The molecule has 3 N–H and O–H groups in total. The Morgan fingerprint density at radius 2 is 2.08 bits per heavy atom. The van der Waals surface area contributed by atoms with Crippen molar-refractivity contribution in [3.8, 4) is 0 Å². The Hall–Kier alpha value is -0.0951. The molecule has 0 aliphatic carbocycles. The predicted molar refractivity (Wildman–Crippen MR) is 47.4 cm³/mol. The van der Waals surface area contributed by atoms with Crippen molar-refractivity contribution in [2.24, 2.45) is 0 Å². The lowest BCUT2D eigenvalue weighted by Crippen LogP contribution is -2.48. The van der Waals surface area contributed by atoms with Crippen LogP contribution in [0.5, 0.6) is 0 Å². The van der Waals surface area contributed by atoms with Gasteiger partial charge >= 0.3 is 0 Å². The van der Waals surface area contributed by atoms with Crippen LogP contribution in [0.15, 0.2) is 0 Å². The molecule has 0 fully saturated rings. The molecule has 72 valence electrons. The fraction of sp³-hybridized carbons (Fsp3) is 1.00. The SMILES string of the molecule is BOC(CO)C(O)[C@](C)(O)CC. The highest BCUT2D eigenvalue weighted by atomic mass is 16.5. The van der Waals surface area contributed by atoms with Crippen LogP contribution in [-0.4, -0.2) is 47.8 Å². The Labute approximate surface area is 73.6 Å². The highest BCUT2D eigenvalue weighted by Gasteiger charge is 2.34. The molecule has 12 heavy (non-hydrogen) atoms. The first-order valence-corrected chi connectivity index (χ1v) is 4.03. The van der Waals surface area contributed by atoms with Crippen LogP contribution in [0, 0.1) is 0 Å². The maximum Gasteiger partial charge on any atom is 0.257 e. The summed E-state index contributed by atoms with van der Waals surface area (Å²) in [6, 6.07) is 0. The van der Waals surface area contributed by atoms with Crippen LogP contribution in [0.1, 0.15) is 20.3 Å². The fourth-order valence-corrected chi connectivity index (χ4v) is 0.913. The third-order valence-electron chi connectivity index (χ3n) is 2.19. The van der Waals surface area contributed by atoms with Crippen molar-refractivity contribution in [2.75, 3.05) is 6.61 Å². The van der Waals surface area contributed by atoms with Gasteiger partial charge in [0.05, 0.1) is 18.3 Å². The van der Waals surface area contributed by atoms with E-state index in [2.05, 4.69) is 0 Å². The summed E-state index contributed by atoms with van der Waals surface area (Å²) in [5.41, 5.74) is -1.20. The zero-order valence-corrected chi connectivity index (χ0v) is 7.82. The van der Waals surface area contributed by atoms with Gasteiger partial charge in [0, 0.05) is 0 Å². The number of hydrogen-bond donors (Lipinski definition) is 3. The van der Waals surface area contributed by atoms with E-state index in [1.807, 2.05) is 0 Å². The van der Waals surface area contributed by atoms with Crippen molar-refractivity contribution in [1.29, 1.82) is 0 Å². The van der Waals surface area contributed by atoms with E-state index in [-0.39, 0.29) is 6.61 Å². The average Bonchev–Trinajstić information content (AvgIpc) is 2.06. The molecule has 0 aromatic heterocycles. The zero-order chi connectivity index (χ0) is 9.78. The van der Waals surface area contributed by atoms with Crippen LogP contribution in [-0.2, 0) is 4.65 Å². The quantitative estimate of drug-likeness (QED) is 0.443. The molecule has 0 aromatic carbocycles. The van der Waals surface area contributed by atoms with Crippen LogP contribution in [0.3, 0.4) is 0 Å². The molecular weight excluding hydrogens is 159 g/mol. The molecule has 2 unspecified atom stereocenters. The number of hydrogen-bond acceptors (Lipinski definition) is 4. The number of aliphatic hydroxyl groups is 3. The van der Waals surface area contributed by atoms with Gasteiger partial charge in [0.15, 0.2) is 0 Å². The molecule has 0 aromatic rings. The maximum atomic E-state index is 9.58. The molecule has 0 amide bonds. The van der Waals surface area contributed by atoms with Gasteiger partial charge in [-0.1, -0.05) is 6.92 Å². The molecule has 0 aliphatic heterocycles. The third kappa shape index (κ3) is 2.75. The Kier molecular flexibility index (Phi) is 4.78. The van der Waals surface area contributed by atoms with Crippen LogP contribution in [0.4, 0.5) is 0 Å². The fourth-order valence-electron chi connectivity index (χ4n) is 0.913. The molecule has 0 spiro atoms.